The molecule has 1 amide bonds. The predicted molar refractivity (Wildman–Crippen MR) is 103 cm³/mol. The molecule has 0 bridgehead atoms. The molecular weight excluding hydrogens is 390 g/mol. The molecule has 2 aliphatic heterocycles. The van der Waals surface area contributed by atoms with Crippen molar-refractivity contribution in [2.75, 3.05) is 52.9 Å². The van der Waals surface area contributed by atoms with Crippen molar-refractivity contribution < 1.29 is 17.9 Å². The highest BCUT2D eigenvalue weighted by atomic mass is 35.5. The number of nitrogens with zero attached hydrogens (tertiary/aromatic N) is 3. The third-order valence-electron chi connectivity index (χ3n) is 4.99. The molecule has 1 aromatic carbocycles. The van der Waals surface area contributed by atoms with Crippen LogP contribution in [0.5, 0.6) is 0 Å². The van der Waals surface area contributed by atoms with Crippen molar-refractivity contribution in [3.63, 3.8) is 0 Å². The molecule has 7 nitrogen and oxygen atoms in total. The van der Waals surface area contributed by atoms with Gasteiger partial charge in [0.1, 0.15) is 0 Å². The maximum absolute atomic E-state index is 12.7. The Balaban J connectivity index is 1.50. The average molecular weight is 416 g/mol. The molecule has 0 N–H and O–H groups in total. The molecule has 2 fully saturated rings. The van der Waals surface area contributed by atoms with Crippen LogP contribution in [0.2, 0.25) is 5.02 Å². The monoisotopic (exact) mass is 415 g/mol. The number of carbonyl (C=O) groups excluding carboxylic acids is 1. The molecule has 0 aliphatic carbocycles. The van der Waals surface area contributed by atoms with Crippen molar-refractivity contribution in [3.05, 3.63) is 29.3 Å². The van der Waals surface area contributed by atoms with Crippen LogP contribution in [0.15, 0.2) is 29.2 Å². The van der Waals surface area contributed by atoms with E-state index < -0.39 is 10.0 Å². The second kappa shape index (κ2) is 8.87. The van der Waals surface area contributed by atoms with Gasteiger partial charge in [-0.05, 0) is 44.2 Å². The van der Waals surface area contributed by atoms with Crippen LogP contribution in [0.1, 0.15) is 12.8 Å². The molecule has 3 rings (SSSR count). The average Bonchev–Trinajstić information content (AvgIpc) is 3.15. The van der Waals surface area contributed by atoms with Gasteiger partial charge >= 0.3 is 0 Å². The van der Waals surface area contributed by atoms with Gasteiger partial charge in [-0.3, -0.25) is 9.69 Å². The fourth-order valence-corrected chi connectivity index (χ4v) is 5.01. The van der Waals surface area contributed by atoms with Gasteiger partial charge in [0.2, 0.25) is 15.9 Å². The topological polar surface area (TPSA) is 70.2 Å². The van der Waals surface area contributed by atoms with Crippen LogP contribution in [0.25, 0.3) is 0 Å². The van der Waals surface area contributed by atoms with Crippen molar-refractivity contribution in [1.82, 2.24) is 14.1 Å². The van der Waals surface area contributed by atoms with E-state index in [9.17, 15) is 13.2 Å². The minimum Gasteiger partial charge on any atom is -0.377 e. The highest BCUT2D eigenvalue weighted by Gasteiger charge is 2.30. The Labute approximate surface area is 165 Å². The first kappa shape index (κ1) is 20.5. The molecule has 1 aromatic rings. The lowest BCUT2D eigenvalue weighted by atomic mass is 10.2. The minimum absolute atomic E-state index is 0.0269. The molecule has 1 atom stereocenters. The Morgan fingerprint density at radius 1 is 1.22 bits per heavy atom. The van der Waals surface area contributed by atoms with E-state index in [2.05, 4.69) is 0 Å². The number of sulfonamides is 1. The third kappa shape index (κ3) is 5.20. The maximum Gasteiger partial charge on any atom is 0.243 e. The van der Waals surface area contributed by atoms with Gasteiger partial charge in [0.25, 0.3) is 0 Å². The van der Waals surface area contributed by atoms with Crippen LogP contribution in [-0.4, -0.2) is 87.5 Å². The zero-order chi connectivity index (χ0) is 19.4. The molecule has 27 heavy (non-hydrogen) atoms. The highest BCUT2D eigenvalue weighted by molar-refractivity contribution is 7.89. The van der Waals surface area contributed by atoms with Gasteiger partial charge < -0.3 is 9.64 Å². The smallest absolute Gasteiger partial charge is 0.243 e. The Morgan fingerprint density at radius 2 is 1.89 bits per heavy atom. The minimum atomic E-state index is -3.56. The van der Waals surface area contributed by atoms with Gasteiger partial charge in [0.15, 0.2) is 0 Å². The number of piperazine rings is 1. The summed E-state index contributed by atoms with van der Waals surface area (Å²) in [4.78, 5) is 16.4. The number of likely N-dealkylation sites (N-methyl/N-ethyl adjacent to an activating group) is 1. The number of benzene rings is 1. The van der Waals surface area contributed by atoms with Gasteiger partial charge in [-0.25, -0.2) is 8.42 Å². The third-order valence-corrected chi connectivity index (χ3v) is 7.15. The van der Waals surface area contributed by atoms with E-state index in [4.69, 9.17) is 16.3 Å². The number of halogens is 1. The molecule has 2 heterocycles. The van der Waals surface area contributed by atoms with Crippen LogP contribution in [0.4, 0.5) is 0 Å². The summed E-state index contributed by atoms with van der Waals surface area (Å²) in [6, 6.07) is 6.15. The van der Waals surface area contributed by atoms with Gasteiger partial charge in [-0.1, -0.05) is 11.6 Å². The van der Waals surface area contributed by atoms with Crippen LogP contribution >= 0.6 is 11.6 Å². The lowest BCUT2D eigenvalue weighted by Crippen LogP contribution is -2.52. The fraction of sp³-hybridized carbons (Fsp3) is 0.611. The number of hydrogen-bond acceptors (Lipinski definition) is 5. The number of rotatable bonds is 6. The molecule has 150 valence electrons. The molecule has 0 aromatic heterocycles. The summed E-state index contributed by atoms with van der Waals surface area (Å²) in [5.74, 6) is 0.0269. The van der Waals surface area contributed by atoms with Gasteiger partial charge in [0, 0.05) is 44.4 Å². The first-order chi connectivity index (χ1) is 12.9. The van der Waals surface area contributed by atoms with Crippen molar-refractivity contribution in [3.8, 4) is 0 Å². The van der Waals surface area contributed by atoms with E-state index in [1.54, 1.807) is 17.0 Å². The number of amides is 1. The van der Waals surface area contributed by atoms with E-state index in [1.165, 1.54) is 16.4 Å². The zero-order valence-corrected chi connectivity index (χ0v) is 17.1. The van der Waals surface area contributed by atoms with Crippen LogP contribution in [0.3, 0.4) is 0 Å². The summed E-state index contributed by atoms with van der Waals surface area (Å²) < 4.78 is 32.4. The molecular formula is C18H26ClN3O4S. The first-order valence-corrected chi connectivity index (χ1v) is 11.0. The highest BCUT2D eigenvalue weighted by Crippen LogP contribution is 2.20. The van der Waals surface area contributed by atoms with Gasteiger partial charge in [-0.2, -0.15) is 4.31 Å². The summed E-state index contributed by atoms with van der Waals surface area (Å²) >= 11 is 5.83. The van der Waals surface area contributed by atoms with E-state index in [0.29, 0.717) is 37.7 Å². The summed E-state index contributed by atoms with van der Waals surface area (Å²) in [5.41, 5.74) is 0. The maximum atomic E-state index is 12.7. The number of hydrogen-bond donors (Lipinski definition) is 0. The molecule has 2 saturated heterocycles. The zero-order valence-electron chi connectivity index (χ0n) is 15.5. The van der Waals surface area contributed by atoms with Crippen molar-refractivity contribution in [1.29, 1.82) is 0 Å². The Kier molecular flexibility index (Phi) is 6.75. The van der Waals surface area contributed by atoms with E-state index in [0.717, 1.165) is 26.0 Å². The first-order valence-electron chi connectivity index (χ1n) is 9.20. The van der Waals surface area contributed by atoms with Crippen molar-refractivity contribution in [2.45, 2.75) is 23.8 Å². The largest absolute Gasteiger partial charge is 0.377 e. The predicted octanol–water partition coefficient (Wildman–Crippen LogP) is 1.28. The molecule has 0 saturated carbocycles. The summed E-state index contributed by atoms with van der Waals surface area (Å²) in [6.45, 7) is 3.27. The van der Waals surface area contributed by atoms with Crippen LogP contribution in [0, 0.1) is 0 Å². The van der Waals surface area contributed by atoms with Gasteiger partial charge in [0.05, 0.1) is 17.5 Å². The van der Waals surface area contributed by atoms with Crippen LogP contribution in [-0.2, 0) is 19.6 Å². The van der Waals surface area contributed by atoms with Gasteiger partial charge in [-0.15, -0.1) is 0 Å². The lowest BCUT2D eigenvalue weighted by molar-refractivity contribution is -0.133. The normalized spacial score (nSPS) is 21.7. The number of carbonyl (C=O) groups is 1. The van der Waals surface area contributed by atoms with E-state index >= 15 is 0 Å². The molecule has 0 radical (unpaired) electrons. The molecule has 1 unspecified atom stereocenters. The Morgan fingerprint density at radius 3 is 2.48 bits per heavy atom. The van der Waals surface area contributed by atoms with Crippen molar-refractivity contribution >= 4 is 27.5 Å². The quantitative estimate of drug-likeness (QED) is 0.700. The SMILES string of the molecule is CN(CC(=O)N1CCN(S(=O)(=O)c2ccc(Cl)cc2)CC1)CC1CCCO1. The number of ether oxygens (including phenoxy) is 1. The Hall–Kier alpha value is -1.19. The molecule has 2 aliphatic rings. The fourth-order valence-electron chi connectivity index (χ4n) is 3.46. The summed E-state index contributed by atoms with van der Waals surface area (Å²) in [5, 5.41) is 0.497. The lowest BCUT2D eigenvalue weighted by Gasteiger charge is -2.35. The van der Waals surface area contributed by atoms with E-state index in [1.807, 2.05) is 11.9 Å². The standard InChI is InChI=1S/C18H26ClN3O4S/c1-20(13-16-3-2-12-26-16)14-18(23)21-8-10-22(11-9-21)27(24,25)17-6-4-15(19)5-7-17/h4-7,16H,2-3,8-14H2,1H3. The molecule has 9 heteroatoms. The Bertz CT molecular complexity index is 742. The summed E-state index contributed by atoms with van der Waals surface area (Å²) in [6.07, 6.45) is 2.33. The molecule has 0 spiro atoms. The second-order valence-corrected chi connectivity index (χ2v) is 9.44. The van der Waals surface area contributed by atoms with Crippen LogP contribution < -0.4 is 0 Å². The van der Waals surface area contributed by atoms with E-state index in [-0.39, 0.29) is 16.9 Å². The summed E-state index contributed by atoms with van der Waals surface area (Å²) in [7, 11) is -1.64. The van der Waals surface area contributed by atoms with Crippen molar-refractivity contribution in [2.24, 2.45) is 0 Å². The second-order valence-electron chi connectivity index (χ2n) is 7.07.